The first-order chi connectivity index (χ1) is 6.61. The number of carboxylic acids is 1. The standard InChI is InChI=1S/C11H12O3/c1-8(11(13)14)7-10(12)9-5-3-2-4-6-9/h2-6,10,12H,1,7H2,(H,13,14). The first kappa shape index (κ1) is 10.5. The largest absolute Gasteiger partial charge is 0.478 e. The van der Waals surface area contributed by atoms with Gasteiger partial charge in [-0.1, -0.05) is 36.9 Å². The van der Waals surface area contributed by atoms with Gasteiger partial charge in [0.15, 0.2) is 0 Å². The number of benzene rings is 1. The monoisotopic (exact) mass is 192 g/mol. The van der Waals surface area contributed by atoms with E-state index >= 15 is 0 Å². The molecule has 0 saturated carbocycles. The smallest absolute Gasteiger partial charge is 0.331 e. The van der Waals surface area contributed by atoms with Gasteiger partial charge in [0.05, 0.1) is 6.10 Å². The number of aliphatic carboxylic acids is 1. The average molecular weight is 192 g/mol. The number of carbonyl (C=O) groups is 1. The van der Waals surface area contributed by atoms with Crippen LogP contribution in [0.2, 0.25) is 0 Å². The lowest BCUT2D eigenvalue weighted by molar-refractivity contribution is -0.133. The molecular weight excluding hydrogens is 180 g/mol. The second-order valence-corrected chi connectivity index (χ2v) is 3.04. The molecule has 14 heavy (non-hydrogen) atoms. The molecule has 1 unspecified atom stereocenters. The Hall–Kier alpha value is -1.61. The van der Waals surface area contributed by atoms with Crippen molar-refractivity contribution in [2.45, 2.75) is 12.5 Å². The average Bonchev–Trinajstić information content (AvgIpc) is 2.19. The van der Waals surface area contributed by atoms with Crippen LogP contribution in [0.1, 0.15) is 18.1 Å². The minimum Gasteiger partial charge on any atom is -0.478 e. The van der Waals surface area contributed by atoms with Crippen molar-refractivity contribution < 1.29 is 15.0 Å². The fourth-order valence-corrected chi connectivity index (χ4v) is 1.11. The number of carboxylic acid groups (broad SMARTS) is 1. The molecule has 1 atom stereocenters. The van der Waals surface area contributed by atoms with E-state index in [4.69, 9.17) is 5.11 Å². The molecule has 0 amide bonds. The van der Waals surface area contributed by atoms with Gasteiger partial charge in [-0.25, -0.2) is 4.79 Å². The van der Waals surface area contributed by atoms with Crippen molar-refractivity contribution in [2.24, 2.45) is 0 Å². The predicted molar refractivity (Wildman–Crippen MR) is 52.8 cm³/mol. The summed E-state index contributed by atoms with van der Waals surface area (Å²) in [6, 6.07) is 8.92. The summed E-state index contributed by atoms with van der Waals surface area (Å²) in [5.41, 5.74) is 0.719. The lowest BCUT2D eigenvalue weighted by Gasteiger charge is -2.09. The van der Waals surface area contributed by atoms with Gasteiger partial charge in [0.2, 0.25) is 0 Å². The zero-order valence-electron chi connectivity index (χ0n) is 7.68. The Labute approximate surface area is 82.3 Å². The van der Waals surface area contributed by atoms with Crippen LogP contribution in [0.3, 0.4) is 0 Å². The fourth-order valence-electron chi connectivity index (χ4n) is 1.11. The van der Waals surface area contributed by atoms with Gasteiger partial charge >= 0.3 is 5.97 Å². The van der Waals surface area contributed by atoms with Crippen LogP contribution in [0.15, 0.2) is 42.5 Å². The van der Waals surface area contributed by atoms with Crippen LogP contribution in [0.4, 0.5) is 0 Å². The van der Waals surface area contributed by atoms with Gasteiger partial charge < -0.3 is 10.2 Å². The van der Waals surface area contributed by atoms with E-state index in [1.54, 1.807) is 24.3 Å². The Balaban J connectivity index is 2.64. The number of aliphatic hydroxyl groups is 1. The van der Waals surface area contributed by atoms with Crippen LogP contribution in [-0.4, -0.2) is 16.2 Å². The van der Waals surface area contributed by atoms with Crippen molar-refractivity contribution in [1.82, 2.24) is 0 Å². The van der Waals surface area contributed by atoms with Crippen molar-refractivity contribution in [1.29, 1.82) is 0 Å². The molecule has 0 bridgehead atoms. The van der Waals surface area contributed by atoms with E-state index in [0.29, 0.717) is 5.56 Å². The summed E-state index contributed by atoms with van der Waals surface area (Å²) in [4.78, 5) is 10.5. The third-order valence-corrected chi connectivity index (χ3v) is 1.93. The van der Waals surface area contributed by atoms with Gasteiger partial charge in [0, 0.05) is 12.0 Å². The molecule has 0 aliphatic rings. The molecule has 0 aliphatic carbocycles. The normalized spacial score (nSPS) is 12.1. The topological polar surface area (TPSA) is 57.5 Å². The second-order valence-electron chi connectivity index (χ2n) is 3.04. The highest BCUT2D eigenvalue weighted by Crippen LogP contribution is 2.19. The summed E-state index contributed by atoms with van der Waals surface area (Å²) in [7, 11) is 0. The molecule has 3 heteroatoms. The third kappa shape index (κ3) is 2.71. The summed E-state index contributed by atoms with van der Waals surface area (Å²) >= 11 is 0. The fraction of sp³-hybridized carbons (Fsp3) is 0.182. The summed E-state index contributed by atoms with van der Waals surface area (Å²) in [6.45, 7) is 3.36. The summed E-state index contributed by atoms with van der Waals surface area (Å²) in [5, 5.41) is 18.2. The molecular formula is C11H12O3. The van der Waals surface area contributed by atoms with Crippen LogP contribution >= 0.6 is 0 Å². The zero-order chi connectivity index (χ0) is 10.6. The molecule has 0 spiro atoms. The molecule has 1 aromatic rings. The third-order valence-electron chi connectivity index (χ3n) is 1.93. The van der Waals surface area contributed by atoms with Crippen molar-refractivity contribution in [3.8, 4) is 0 Å². The summed E-state index contributed by atoms with van der Waals surface area (Å²) in [6.07, 6.45) is -0.737. The van der Waals surface area contributed by atoms with E-state index in [1.165, 1.54) is 0 Å². The Kier molecular flexibility index (Phi) is 3.42. The maximum absolute atomic E-state index is 10.5. The second kappa shape index (κ2) is 4.58. The molecule has 74 valence electrons. The van der Waals surface area contributed by atoms with Crippen molar-refractivity contribution in [2.75, 3.05) is 0 Å². The van der Waals surface area contributed by atoms with Gasteiger partial charge in [0.25, 0.3) is 0 Å². The van der Waals surface area contributed by atoms with Crippen molar-refractivity contribution >= 4 is 5.97 Å². The van der Waals surface area contributed by atoms with Crippen LogP contribution in [0.25, 0.3) is 0 Å². The molecule has 0 heterocycles. The Bertz CT molecular complexity index is 330. The highest BCUT2D eigenvalue weighted by molar-refractivity contribution is 5.85. The van der Waals surface area contributed by atoms with Gasteiger partial charge in [-0.15, -0.1) is 0 Å². The number of rotatable bonds is 4. The Morgan fingerprint density at radius 3 is 2.43 bits per heavy atom. The molecule has 0 aromatic heterocycles. The maximum atomic E-state index is 10.5. The lowest BCUT2D eigenvalue weighted by Crippen LogP contribution is -2.05. The van der Waals surface area contributed by atoms with Gasteiger partial charge in [-0.05, 0) is 5.56 Å². The van der Waals surface area contributed by atoms with Crippen molar-refractivity contribution in [3.05, 3.63) is 48.0 Å². The lowest BCUT2D eigenvalue weighted by atomic mass is 10.0. The molecule has 1 rings (SSSR count). The van der Waals surface area contributed by atoms with Crippen LogP contribution in [0, 0.1) is 0 Å². The van der Waals surface area contributed by atoms with Gasteiger partial charge in [0.1, 0.15) is 0 Å². The Morgan fingerprint density at radius 1 is 1.36 bits per heavy atom. The first-order valence-electron chi connectivity index (χ1n) is 4.25. The van der Waals surface area contributed by atoms with E-state index in [-0.39, 0.29) is 12.0 Å². The van der Waals surface area contributed by atoms with Crippen LogP contribution in [-0.2, 0) is 4.79 Å². The maximum Gasteiger partial charge on any atom is 0.331 e. The number of hydrogen-bond acceptors (Lipinski definition) is 2. The molecule has 0 radical (unpaired) electrons. The van der Waals surface area contributed by atoms with Crippen molar-refractivity contribution in [3.63, 3.8) is 0 Å². The van der Waals surface area contributed by atoms with Crippen LogP contribution in [0.5, 0.6) is 0 Å². The molecule has 0 fully saturated rings. The SMILES string of the molecule is C=C(CC(O)c1ccccc1)C(=O)O. The van der Waals surface area contributed by atoms with Crippen LogP contribution < -0.4 is 0 Å². The summed E-state index contributed by atoms with van der Waals surface area (Å²) in [5.74, 6) is -1.07. The highest BCUT2D eigenvalue weighted by Gasteiger charge is 2.12. The van der Waals surface area contributed by atoms with E-state index in [1.807, 2.05) is 6.07 Å². The van der Waals surface area contributed by atoms with E-state index in [0.717, 1.165) is 0 Å². The quantitative estimate of drug-likeness (QED) is 0.714. The molecule has 0 saturated heterocycles. The van der Waals surface area contributed by atoms with Gasteiger partial charge in [-0.2, -0.15) is 0 Å². The van der Waals surface area contributed by atoms with E-state index < -0.39 is 12.1 Å². The predicted octanol–water partition coefficient (Wildman–Crippen LogP) is 1.75. The highest BCUT2D eigenvalue weighted by atomic mass is 16.4. The number of aliphatic hydroxyl groups excluding tert-OH is 1. The molecule has 0 aliphatic heterocycles. The number of hydrogen-bond donors (Lipinski definition) is 2. The summed E-state index contributed by atoms with van der Waals surface area (Å²) < 4.78 is 0. The molecule has 3 nitrogen and oxygen atoms in total. The molecule has 1 aromatic carbocycles. The zero-order valence-corrected chi connectivity index (χ0v) is 7.68. The van der Waals surface area contributed by atoms with E-state index in [9.17, 15) is 9.90 Å². The minimum atomic E-state index is -1.07. The van der Waals surface area contributed by atoms with E-state index in [2.05, 4.69) is 6.58 Å². The Morgan fingerprint density at radius 2 is 1.93 bits per heavy atom. The first-order valence-corrected chi connectivity index (χ1v) is 4.25. The van der Waals surface area contributed by atoms with Gasteiger partial charge in [-0.3, -0.25) is 0 Å². The minimum absolute atomic E-state index is 0.0151. The molecule has 2 N–H and O–H groups in total.